The van der Waals surface area contributed by atoms with Crippen LogP contribution in [-0.4, -0.2) is 31.1 Å². The number of methoxy groups -OCH3 is 2. The fourth-order valence-corrected chi connectivity index (χ4v) is 2.25. The molecule has 6 heteroatoms. The van der Waals surface area contributed by atoms with Crippen molar-refractivity contribution in [1.29, 1.82) is 0 Å². The fourth-order valence-electron chi connectivity index (χ4n) is 2.25. The van der Waals surface area contributed by atoms with E-state index in [2.05, 4.69) is 4.98 Å². The van der Waals surface area contributed by atoms with Gasteiger partial charge in [0.2, 0.25) is 12.5 Å². The quantitative estimate of drug-likeness (QED) is 0.927. The molecule has 1 aliphatic rings. The molecule has 1 aromatic carbocycles. The molecule has 1 atom stereocenters. The van der Waals surface area contributed by atoms with E-state index >= 15 is 0 Å². The Bertz CT molecular complexity index is 659. The van der Waals surface area contributed by atoms with Gasteiger partial charge >= 0.3 is 0 Å². The third kappa shape index (κ3) is 2.34. The van der Waals surface area contributed by atoms with Gasteiger partial charge in [-0.25, -0.2) is 0 Å². The van der Waals surface area contributed by atoms with Crippen LogP contribution in [0.2, 0.25) is 0 Å². The van der Waals surface area contributed by atoms with Crippen molar-refractivity contribution in [2.75, 3.05) is 21.0 Å². The molecule has 6 nitrogen and oxygen atoms in total. The Hall–Kier alpha value is -2.47. The first kappa shape index (κ1) is 13.5. The van der Waals surface area contributed by atoms with Crippen LogP contribution in [0.5, 0.6) is 23.0 Å². The number of ether oxygens (including phenoxy) is 4. The Kier molecular flexibility index (Phi) is 3.53. The molecule has 1 aromatic heterocycles. The highest BCUT2D eigenvalue weighted by Gasteiger charge is 2.24. The Morgan fingerprint density at radius 2 is 2.00 bits per heavy atom. The predicted octanol–water partition coefficient (Wildman–Crippen LogP) is 1.91. The molecule has 0 fully saturated rings. The van der Waals surface area contributed by atoms with E-state index in [1.807, 2.05) is 0 Å². The number of benzene rings is 1. The normalized spacial score (nSPS) is 13.9. The second-order valence-electron chi connectivity index (χ2n) is 4.45. The van der Waals surface area contributed by atoms with E-state index in [-0.39, 0.29) is 6.79 Å². The van der Waals surface area contributed by atoms with Gasteiger partial charge < -0.3 is 24.1 Å². The van der Waals surface area contributed by atoms with E-state index in [1.165, 1.54) is 14.2 Å². The molecule has 0 radical (unpaired) electrons. The molecule has 0 saturated heterocycles. The van der Waals surface area contributed by atoms with Crippen LogP contribution in [-0.2, 0) is 0 Å². The second kappa shape index (κ2) is 5.49. The summed E-state index contributed by atoms with van der Waals surface area (Å²) in [7, 11) is 3.07. The van der Waals surface area contributed by atoms with E-state index < -0.39 is 6.10 Å². The number of aliphatic hydroxyl groups excluding tert-OH is 1. The number of nitrogens with zero attached hydrogens (tertiary/aromatic N) is 1. The van der Waals surface area contributed by atoms with Crippen molar-refractivity contribution >= 4 is 0 Å². The van der Waals surface area contributed by atoms with Crippen LogP contribution in [0.25, 0.3) is 0 Å². The van der Waals surface area contributed by atoms with Crippen LogP contribution < -0.4 is 18.9 Å². The summed E-state index contributed by atoms with van der Waals surface area (Å²) >= 11 is 0. The van der Waals surface area contributed by atoms with Crippen molar-refractivity contribution in [3.63, 3.8) is 0 Å². The molecule has 0 spiro atoms. The maximum absolute atomic E-state index is 10.6. The lowest BCUT2D eigenvalue weighted by Gasteiger charge is -2.15. The Morgan fingerprint density at radius 1 is 1.19 bits per heavy atom. The summed E-state index contributed by atoms with van der Waals surface area (Å²) in [5.41, 5.74) is 1.02. The van der Waals surface area contributed by atoms with Crippen molar-refractivity contribution in [1.82, 2.24) is 4.98 Å². The largest absolute Gasteiger partial charge is 0.495 e. The van der Waals surface area contributed by atoms with Gasteiger partial charge in [-0.05, 0) is 29.8 Å². The minimum absolute atomic E-state index is 0.137. The Morgan fingerprint density at radius 3 is 2.76 bits per heavy atom. The molecule has 2 aromatic rings. The van der Waals surface area contributed by atoms with E-state index in [0.717, 1.165) is 0 Å². The van der Waals surface area contributed by atoms with Gasteiger partial charge in [0.15, 0.2) is 11.5 Å². The number of hydrogen-bond donors (Lipinski definition) is 1. The summed E-state index contributed by atoms with van der Waals surface area (Å²) in [6, 6.07) is 6.90. The molecule has 1 aliphatic heterocycles. The molecule has 110 valence electrons. The molecular weight excluding hydrogens is 274 g/mol. The van der Waals surface area contributed by atoms with Gasteiger partial charge in [-0.1, -0.05) is 0 Å². The summed E-state index contributed by atoms with van der Waals surface area (Å²) in [5.74, 6) is 2.11. The first-order valence-electron chi connectivity index (χ1n) is 6.39. The fraction of sp³-hybridized carbons (Fsp3) is 0.267. The number of fused-ring (bicyclic) bond motifs is 1. The van der Waals surface area contributed by atoms with Gasteiger partial charge in [0, 0.05) is 6.20 Å². The minimum Gasteiger partial charge on any atom is -0.495 e. The zero-order chi connectivity index (χ0) is 14.8. The average Bonchev–Trinajstić information content (AvgIpc) is 3.01. The van der Waals surface area contributed by atoms with E-state index in [1.54, 1.807) is 30.5 Å². The molecular formula is C15H15NO5. The number of pyridine rings is 1. The van der Waals surface area contributed by atoms with Crippen molar-refractivity contribution in [2.45, 2.75) is 6.10 Å². The summed E-state index contributed by atoms with van der Waals surface area (Å²) in [5, 5.41) is 10.6. The van der Waals surface area contributed by atoms with Gasteiger partial charge in [0.05, 0.1) is 14.2 Å². The standard InChI is InChI=1S/C15H15NO5/c1-18-10-4-3-5-16-13(10)14(17)9-6-11(19-2)15-12(7-9)20-8-21-15/h3-7,14,17H,8H2,1-2H3. The monoisotopic (exact) mass is 289 g/mol. The van der Waals surface area contributed by atoms with Crippen molar-refractivity contribution < 1.29 is 24.1 Å². The van der Waals surface area contributed by atoms with Crippen molar-refractivity contribution in [3.8, 4) is 23.0 Å². The first-order chi connectivity index (χ1) is 10.2. The molecule has 0 amide bonds. The average molecular weight is 289 g/mol. The molecule has 21 heavy (non-hydrogen) atoms. The summed E-state index contributed by atoms with van der Waals surface area (Å²) < 4.78 is 21.2. The van der Waals surface area contributed by atoms with Crippen LogP contribution in [0.1, 0.15) is 17.4 Å². The zero-order valence-electron chi connectivity index (χ0n) is 11.7. The predicted molar refractivity (Wildman–Crippen MR) is 74.0 cm³/mol. The number of aliphatic hydroxyl groups is 1. The van der Waals surface area contributed by atoms with Crippen LogP contribution in [0.4, 0.5) is 0 Å². The maximum Gasteiger partial charge on any atom is 0.231 e. The van der Waals surface area contributed by atoms with Gasteiger partial charge in [0.25, 0.3) is 0 Å². The lowest BCUT2D eigenvalue weighted by atomic mass is 10.0. The van der Waals surface area contributed by atoms with Crippen LogP contribution in [0.3, 0.4) is 0 Å². The molecule has 3 rings (SSSR count). The van der Waals surface area contributed by atoms with E-state index in [9.17, 15) is 5.11 Å². The summed E-state index contributed by atoms with van der Waals surface area (Å²) in [6.45, 7) is 0.137. The highest BCUT2D eigenvalue weighted by atomic mass is 16.7. The van der Waals surface area contributed by atoms with Gasteiger partial charge in [-0.2, -0.15) is 0 Å². The van der Waals surface area contributed by atoms with Gasteiger partial charge in [0.1, 0.15) is 17.5 Å². The van der Waals surface area contributed by atoms with Gasteiger partial charge in [-0.3, -0.25) is 4.98 Å². The summed E-state index contributed by atoms with van der Waals surface area (Å²) in [4.78, 5) is 4.19. The zero-order valence-corrected chi connectivity index (χ0v) is 11.7. The first-order valence-corrected chi connectivity index (χ1v) is 6.39. The number of rotatable bonds is 4. The van der Waals surface area contributed by atoms with Crippen molar-refractivity contribution in [2.24, 2.45) is 0 Å². The van der Waals surface area contributed by atoms with Crippen LogP contribution >= 0.6 is 0 Å². The van der Waals surface area contributed by atoms with Gasteiger partial charge in [-0.15, -0.1) is 0 Å². The topological polar surface area (TPSA) is 70.0 Å². The number of hydrogen-bond acceptors (Lipinski definition) is 6. The Balaban J connectivity index is 2.04. The molecule has 0 aliphatic carbocycles. The molecule has 0 saturated carbocycles. The third-order valence-electron chi connectivity index (χ3n) is 3.28. The highest BCUT2D eigenvalue weighted by molar-refractivity contribution is 5.56. The molecule has 1 unspecified atom stereocenters. The maximum atomic E-state index is 10.6. The third-order valence-corrected chi connectivity index (χ3v) is 3.28. The minimum atomic E-state index is -0.954. The Labute approximate surface area is 121 Å². The summed E-state index contributed by atoms with van der Waals surface area (Å²) in [6.07, 6.45) is 0.648. The van der Waals surface area contributed by atoms with E-state index in [4.69, 9.17) is 18.9 Å². The highest BCUT2D eigenvalue weighted by Crippen LogP contribution is 2.44. The molecule has 2 heterocycles. The van der Waals surface area contributed by atoms with E-state index in [0.29, 0.717) is 34.3 Å². The van der Waals surface area contributed by atoms with Crippen LogP contribution in [0.15, 0.2) is 30.5 Å². The molecule has 0 bridgehead atoms. The second-order valence-corrected chi connectivity index (χ2v) is 4.45. The number of aromatic nitrogens is 1. The molecule has 1 N–H and O–H groups in total. The SMILES string of the molecule is COc1cccnc1C(O)c1cc(OC)c2c(c1)OCO2. The van der Waals surface area contributed by atoms with Crippen molar-refractivity contribution in [3.05, 3.63) is 41.7 Å². The lowest BCUT2D eigenvalue weighted by Crippen LogP contribution is -2.05. The lowest BCUT2D eigenvalue weighted by molar-refractivity contribution is 0.171. The van der Waals surface area contributed by atoms with Crippen LogP contribution in [0, 0.1) is 0 Å². The smallest absolute Gasteiger partial charge is 0.231 e.